The molecule has 98 valence electrons. The third kappa shape index (κ3) is 2.78. The van der Waals surface area contributed by atoms with Gasteiger partial charge in [-0.05, 0) is 25.0 Å². The van der Waals surface area contributed by atoms with E-state index < -0.39 is 13.0 Å². The van der Waals surface area contributed by atoms with Crippen LogP contribution in [0.4, 0.5) is 14.5 Å². The van der Waals surface area contributed by atoms with Gasteiger partial charge in [0.15, 0.2) is 0 Å². The van der Waals surface area contributed by atoms with E-state index in [4.69, 9.17) is 0 Å². The molecule has 0 saturated carbocycles. The van der Waals surface area contributed by atoms with E-state index in [0.29, 0.717) is 6.42 Å². The molecule has 1 heterocycles. The second-order valence-corrected chi connectivity index (χ2v) is 4.54. The van der Waals surface area contributed by atoms with Gasteiger partial charge in [0.05, 0.1) is 12.5 Å². The normalized spacial score (nSPS) is 22.2. The molecule has 0 radical (unpaired) electrons. The first-order chi connectivity index (χ1) is 8.58. The summed E-state index contributed by atoms with van der Waals surface area (Å²) < 4.78 is 24.1. The van der Waals surface area contributed by atoms with Crippen molar-refractivity contribution in [1.82, 2.24) is 5.32 Å². The summed E-state index contributed by atoms with van der Waals surface area (Å²) in [4.78, 5) is 11.8. The van der Waals surface area contributed by atoms with Gasteiger partial charge in [0.1, 0.15) is 0 Å². The largest absolute Gasteiger partial charge is 0.382 e. The molecule has 0 fully saturated rings. The first-order valence-electron chi connectivity index (χ1n) is 5.98. The molecule has 1 aliphatic rings. The van der Waals surface area contributed by atoms with Crippen LogP contribution in [0.1, 0.15) is 12.5 Å². The van der Waals surface area contributed by atoms with Crippen molar-refractivity contribution in [2.45, 2.75) is 25.8 Å². The van der Waals surface area contributed by atoms with Gasteiger partial charge < -0.3 is 10.6 Å². The lowest BCUT2D eigenvalue weighted by atomic mass is 9.87. The third-order valence-corrected chi connectivity index (χ3v) is 3.21. The second-order valence-electron chi connectivity index (χ2n) is 4.54. The van der Waals surface area contributed by atoms with Gasteiger partial charge in [0.2, 0.25) is 5.91 Å². The predicted molar refractivity (Wildman–Crippen MR) is 65.7 cm³/mol. The van der Waals surface area contributed by atoms with Crippen molar-refractivity contribution in [3.05, 3.63) is 29.8 Å². The maximum atomic E-state index is 12.1. The number of carbonyl (C=O) groups excluding carboxylic acids is 1. The van der Waals surface area contributed by atoms with Gasteiger partial charge in [-0.3, -0.25) is 4.79 Å². The van der Waals surface area contributed by atoms with Gasteiger partial charge >= 0.3 is 0 Å². The first-order valence-corrected chi connectivity index (χ1v) is 5.98. The molecule has 0 aromatic heterocycles. The average molecular weight is 254 g/mol. The van der Waals surface area contributed by atoms with Crippen LogP contribution in [0.2, 0.25) is 0 Å². The SMILES string of the molecule is CC1Nc2ccccc2CC1C(=O)NCC(F)F. The van der Waals surface area contributed by atoms with Crippen LogP contribution in [0, 0.1) is 5.92 Å². The Morgan fingerprint density at radius 2 is 2.22 bits per heavy atom. The number of fused-ring (bicyclic) bond motifs is 1. The molecule has 1 aromatic rings. The molecule has 3 nitrogen and oxygen atoms in total. The molecular formula is C13H16F2N2O. The van der Waals surface area contributed by atoms with E-state index >= 15 is 0 Å². The van der Waals surface area contributed by atoms with Crippen LogP contribution in [-0.4, -0.2) is 24.9 Å². The Labute approximate surface area is 105 Å². The Balaban J connectivity index is 2.05. The fourth-order valence-electron chi connectivity index (χ4n) is 2.23. The topological polar surface area (TPSA) is 41.1 Å². The third-order valence-electron chi connectivity index (χ3n) is 3.21. The molecule has 0 bridgehead atoms. The molecule has 18 heavy (non-hydrogen) atoms. The maximum Gasteiger partial charge on any atom is 0.255 e. The quantitative estimate of drug-likeness (QED) is 0.866. The smallest absolute Gasteiger partial charge is 0.255 e. The zero-order valence-corrected chi connectivity index (χ0v) is 10.1. The van der Waals surface area contributed by atoms with Crippen molar-refractivity contribution in [3.63, 3.8) is 0 Å². The molecule has 1 amide bonds. The van der Waals surface area contributed by atoms with Crippen LogP contribution in [0.5, 0.6) is 0 Å². The number of rotatable bonds is 3. The summed E-state index contributed by atoms with van der Waals surface area (Å²) in [6.45, 7) is 1.31. The van der Waals surface area contributed by atoms with Gasteiger partial charge in [-0.2, -0.15) is 0 Å². The first kappa shape index (κ1) is 12.8. The number of hydrogen-bond acceptors (Lipinski definition) is 2. The minimum atomic E-state index is -2.51. The monoisotopic (exact) mass is 254 g/mol. The van der Waals surface area contributed by atoms with Crippen molar-refractivity contribution in [3.8, 4) is 0 Å². The standard InChI is InChI=1S/C13H16F2N2O/c1-8-10(13(18)16-7-12(14)15)6-9-4-2-3-5-11(9)17-8/h2-5,8,10,12,17H,6-7H2,1H3,(H,16,18). The number of amides is 1. The molecule has 2 unspecified atom stereocenters. The zero-order chi connectivity index (χ0) is 13.1. The van der Waals surface area contributed by atoms with E-state index in [1.807, 2.05) is 31.2 Å². The van der Waals surface area contributed by atoms with E-state index in [9.17, 15) is 13.6 Å². The van der Waals surface area contributed by atoms with Gasteiger partial charge in [0.25, 0.3) is 6.43 Å². The van der Waals surface area contributed by atoms with E-state index in [1.165, 1.54) is 0 Å². The van der Waals surface area contributed by atoms with Crippen molar-refractivity contribution in [1.29, 1.82) is 0 Å². The van der Waals surface area contributed by atoms with Crippen LogP contribution in [0.25, 0.3) is 0 Å². The molecule has 1 aliphatic heterocycles. The number of nitrogens with one attached hydrogen (secondary N) is 2. The molecule has 5 heteroatoms. The Hall–Kier alpha value is -1.65. The number of hydrogen-bond donors (Lipinski definition) is 2. The molecular weight excluding hydrogens is 238 g/mol. The number of alkyl halides is 2. The van der Waals surface area contributed by atoms with E-state index in [0.717, 1.165) is 11.3 Å². The minimum Gasteiger partial charge on any atom is -0.382 e. The summed E-state index contributed by atoms with van der Waals surface area (Å²) in [7, 11) is 0. The van der Waals surface area contributed by atoms with Crippen molar-refractivity contribution in [2.24, 2.45) is 5.92 Å². The summed E-state index contributed by atoms with van der Waals surface area (Å²) >= 11 is 0. The lowest BCUT2D eigenvalue weighted by molar-refractivity contribution is -0.126. The lowest BCUT2D eigenvalue weighted by Gasteiger charge is -2.31. The summed E-state index contributed by atoms with van der Waals surface area (Å²) in [5, 5.41) is 5.51. The Morgan fingerprint density at radius 3 is 2.94 bits per heavy atom. The fourth-order valence-corrected chi connectivity index (χ4v) is 2.23. The second kappa shape index (κ2) is 5.33. The highest BCUT2D eigenvalue weighted by atomic mass is 19.3. The van der Waals surface area contributed by atoms with E-state index in [1.54, 1.807) is 0 Å². The zero-order valence-electron chi connectivity index (χ0n) is 10.1. The predicted octanol–water partition coefficient (Wildman–Crippen LogP) is 2.04. The summed E-state index contributed by atoms with van der Waals surface area (Å²) in [6.07, 6.45) is -1.92. The fraction of sp³-hybridized carbons (Fsp3) is 0.462. The Bertz CT molecular complexity index is 437. The number of anilines is 1. The molecule has 2 rings (SSSR count). The summed E-state index contributed by atoms with van der Waals surface area (Å²) in [6, 6.07) is 7.68. The molecule has 1 aromatic carbocycles. The summed E-state index contributed by atoms with van der Waals surface area (Å²) in [5.74, 6) is -0.622. The van der Waals surface area contributed by atoms with Crippen molar-refractivity contribution < 1.29 is 13.6 Å². The van der Waals surface area contributed by atoms with Crippen LogP contribution in [0.15, 0.2) is 24.3 Å². The maximum absolute atomic E-state index is 12.1. The van der Waals surface area contributed by atoms with Gasteiger partial charge in [-0.1, -0.05) is 18.2 Å². The highest BCUT2D eigenvalue weighted by Gasteiger charge is 2.30. The van der Waals surface area contributed by atoms with Crippen LogP contribution >= 0.6 is 0 Å². The number of carbonyl (C=O) groups is 1. The molecule has 0 aliphatic carbocycles. The Morgan fingerprint density at radius 1 is 1.50 bits per heavy atom. The van der Waals surface area contributed by atoms with Crippen LogP contribution in [0.3, 0.4) is 0 Å². The molecule has 2 atom stereocenters. The number of halogens is 2. The molecule has 0 spiro atoms. The molecule has 2 N–H and O–H groups in total. The molecule has 0 saturated heterocycles. The van der Waals surface area contributed by atoms with Crippen LogP contribution in [-0.2, 0) is 11.2 Å². The number of benzene rings is 1. The lowest BCUT2D eigenvalue weighted by Crippen LogP contribution is -2.44. The van der Waals surface area contributed by atoms with Gasteiger partial charge in [-0.25, -0.2) is 8.78 Å². The van der Waals surface area contributed by atoms with Gasteiger partial charge in [-0.15, -0.1) is 0 Å². The van der Waals surface area contributed by atoms with E-state index in [2.05, 4.69) is 10.6 Å². The Kier molecular flexibility index (Phi) is 3.79. The number of para-hydroxylation sites is 1. The van der Waals surface area contributed by atoms with Crippen molar-refractivity contribution >= 4 is 11.6 Å². The van der Waals surface area contributed by atoms with E-state index in [-0.39, 0.29) is 17.9 Å². The minimum absolute atomic E-state index is 0.0578. The highest BCUT2D eigenvalue weighted by molar-refractivity contribution is 5.81. The summed E-state index contributed by atoms with van der Waals surface area (Å²) in [5.41, 5.74) is 2.07. The highest BCUT2D eigenvalue weighted by Crippen LogP contribution is 2.28. The van der Waals surface area contributed by atoms with Crippen LogP contribution < -0.4 is 10.6 Å². The van der Waals surface area contributed by atoms with Crippen molar-refractivity contribution in [2.75, 3.05) is 11.9 Å². The van der Waals surface area contributed by atoms with Gasteiger partial charge in [0, 0.05) is 11.7 Å². The average Bonchev–Trinajstić information content (AvgIpc) is 2.35.